The van der Waals surface area contributed by atoms with Gasteiger partial charge < -0.3 is 10.2 Å². The first-order valence-electron chi connectivity index (χ1n) is 10.2. The van der Waals surface area contributed by atoms with Crippen molar-refractivity contribution in [3.8, 4) is 0 Å². The molecule has 0 bridgehead atoms. The minimum Gasteiger partial charge on any atom is -0.350 e. The number of carbonyl (C=O) groups excluding carboxylic acids is 1. The van der Waals surface area contributed by atoms with Gasteiger partial charge in [-0.05, 0) is 56.4 Å². The fraction of sp³-hybridized carbons (Fsp3) is 0.500. The molecule has 6 heteroatoms. The lowest BCUT2D eigenvalue weighted by Crippen LogP contribution is -2.42. The van der Waals surface area contributed by atoms with E-state index in [2.05, 4.69) is 15.2 Å². The molecule has 0 spiro atoms. The molecule has 4 rings (SSSR count). The van der Waals surface area contributed by atoms with Crippen molar-refractivity contribution in [1.82, 2.24) is 15.3 Å². The normalized spacial score (nSPS) is 18.4. The number of halogens is 1. The molecule has 1 aliphatic heterocycles. The topological polar surface area (TPSA) is 58.1 Å². The zero-order chi connectivity index (χ0) is 19.6. The van der Waals surface area contributed by atoms with Gasteiger partial charge in [0.15, 0.2) is 0 Å². The second-order valence-corrected chi connectivity index (χ2v) is 8.41. The van der Waals surface area contributed by atoms with Gasteiger partial charge in [0.25, 0.3) is 0 Å². The van der Waals surface area contributed by atoms with Crippen molar-refractivity contribution >= 4 is 23.5 Å². The van der Waals surface area contributed by atoms with Gasteiger partial charge >= 0.3 is 0 Å². The lowest BCUT2D eigenvalue weighted by atomic mass is 9.78. The molecular formula is C22H27ClN4O. The summed E-state index contributed by atoms with van der Waals surface area (Å²) in [6.07, 6.45) is 6.27. The summed E-state index contributed by atoms with van der Waals surface area (Å²) in [5.74, 6) is 0.876. The highest BCUT2D eigenvalue weighted by molar-refractivity contribution is 6.30. The predicted octanol–water partition coefficient (Wildman–Crippen LogP) is 4.17. The Hall–Kier alpha value is -2.14. The van der Waals surface area contributed by atoms with Gasteiger partial charge in [-0.15, -0.1) is 0 Å². The first-order valence-corrected chi connectivity index (χ1v) is 10.6. The zero-order valence-electron chi connectivity index (χ0n) is 16.4. The van der Waals surface area contributed by atoms with Gasteiger partial charge in [-0.1, -0.05) is 36.6 Å². The molecule has 0 radical (unpaired) electrons. The Bertz CT molecular complexity index is 840. The number of nitrogens with one attached hydrogen (secondary N) is 1. The second-order valence-electron chi connectivity index (χ2n) is 7.97. The van der Waals surface area contributed by atoms with Crippen LogP contribution in [-0.2, 0) is 16.8 Å². The van der Waals surface area contributed by atoms with Gasteiger partial charge in [0.05, 0.1) is 17.7 Å². The number of nitrogens with zero attached hydrogens (tertiary/aromatic N) is 3. The number of benzene rings is 1. The molecule has 0 unspecified atom stereocenters. The van der Waals surface area contributed by atoms with E-state index in [-0.39, 0.29) is 5.91 Å². The Morgan fingerprint density at radius 1 is 1.11 bits per heavy atom. The van der Waals surface area contributed by atoms with Crippen molar-refractivity contribution in [1.29, 1.82) is 0 Å². The minimum absolute atomic E-state index is 0.0892. The number of aryl methyl sites for hydroxylation is 1. The maximum Gasteiger partial charge on any atom is 0.230 e. The van der Waals surface area contributed by atoms with E-state index in [9.17, 15) is 4.79 Å². The van der Waals surface area contributed by atoms with E-state index in [0.717, 1.165) is 61.7 Å². The maximum atomic E-state index is 13.3. The molecule has 2 fully saturated rings. The monoisotopic (exact) mass is 398 g/mol. The first kappa shape index (κ1) is 19.2. The van der Waals surface area contributed by atoms with Crippen LogP contribution >= 0.6 is 11.6 Å². The molecule has 1 saturated heterocycles. The summed E-state index contributed by atoms with van der Waals surface area (Å²) in [5.41, 5.74) is 2.41. The molecule has 148 valence electrons. The number of amides is 1. The van der Waals surface area contributed by atoms with Gasteiger partial charge in [-0.2, -0.15) is 0 Å². The molecule has 0 atom stereocenters. The third kappa shape index (κ3) is 3.86. The van der Waals surface area contributed by atoms with Gasteiger partial charge in [0, 0.05) is 23.8 Å². The van der Waals surface area contributed by atoms with Crippen LogP contribution in [0.25, 0.3) is 0 Å². The van der Waals surface area contributed by atoms with Crippen molar-refractivity contribution in [2.45, 2.75) is 57.4 Å². The summed E-state index contributed by atoms with van der Waals surface area (Å²) in [4.78, 5) is 24.8. The van der Waals surface area contributed by atoms with Crippen LogP contribution in [0.5, 0.6) is 0 Å². The highest BCUT2D eigenvalue weighted by Gasteiger charge is 2.42. The summed E-state index contributed by atoms with van der Waals surface area (Å²) in [6.45, 7) is 4.43. The molecular weight excluding hydrogens is 372 g/mol. The number of carbonyl (C=O) groups is 1. The van der Waals surface area contributed by atoms with Crippen molar-refractivity contribution in [2.24, 2.45) is 0 Å². The van der Waals surface area contributed by atoms with E-state index >= 15 is 0 Å². The van der Waals surface area contributed by atoms with Crippen LogP contribution in [0.3, 0.4) is 0 Å². The van der Waals surface area contributed by atoms with Crippen molar-refractivity contribution in [2.75, 3.05) is 18.0 Å². The summed E-state index contributed by atoms with van der Waals surface area (Å²) >= 11 is 6.05. The number of aromatic nitrogens is 2. The van der Waals surface area contributed by atoms with Crippen LogP contribution in [0.4, 0.5) is 5.95 Å². The highest BCUT2D eigenvalue weighted by atomic mass is 35.5. The molecule has 28 heavy (non-hydrogen) atoms. The number of anilines is 1. The molecule has 1 aromatic carbocycles. The number of hydrogen-bond donors (Lipinski definition) is 1. The predicted molar refractivity (Wildman–Crippen MR) is 112 cm³/mol. The summed E-state index contributed by atoms with van der Waals surface area (Å²) in [7, 11) is 0. The van der Waals surface area contributed by atoms with Crippen LogP contribution in [-0.4, -0.2) is 29.0 Å². The third-order valence-electron chi connectivity index (χ3n) is 6.00. The van der Waals surface area contributed by atoms with Crippen LogP contribution in [0.15, 0.2) is 30.3 Å². The molecule has 1 aliphatic carbocycles. The average Bonchev–Trinajstić information content (AvgIpc) is 3.39. The van der Waals surface area contributed by atoms with Gasteiger partial charge in [0.2, 0.25) is 11.9 Å². The zero-order valence-corrected chi connectivity index (χ0v) is 17.1. The second kappa shape index (κ2) is 8.08. The molecule has 2 heterocycles. The average molecular weight is 399 g/mol. The Morgan fingerprint density at radius 2 is 1.79 bits per heavy atom. The van der Waals surface area contributed by atoms with Gasteiger partial charge in [-0.3, -0.25) is 4.79 Å². The van der Waals surface area contributed by atoms with Gasteiger partial charge in [-0.25, -0.2) is 9.97 Å². The summed E-state index contributed by atoms with van der Waals surface area (Å²) in [6, 6.07) is 9.70. The number of rotatable bonds is 5. The Morgan fingerprint density at radius 3 is 2.46 bits per heavy atom. The Balaban J connectivity index is 1.50. The molecule has 1 N–H and O–H groups in total. The fourth-order valence-electron chi connectivity index (χ4n) is 4.50. The van der Waals surface area contributed by atoms with Crippen molar-refractivity contribution in [3.05, 3.63) is 52.3 Å². The maximum absolute atomic E-state index is 13.3. The molecule has 1 aromatic heterocycles. The van der Waals surface area contributed by atoms with Crippen molar-refractivity contribution in [3.63, 3.8) is 0 Å². The lowest BCUT2D eigenvalue weighted by molar-refractivity contribution is -0.126. The number of hydrogen-bond acceptors (Lipinski definition) is 4. The van der Waals surface area contributed by atoms with Crippen molar-refractivity contribution < 1.29 is 4.79 Å². The van der Waals surface area contributed by atoms with Crippen LogP contribution in [0, 0.1) is 6.92 Å². The molecule has 1 saturated carbocycles. The van der Waals surface area contributed by atoms with E-state index in [4.69, 9.17) is 16.6 Å². The highest BCUT2D eigenvalue weighted by Crippen LogP contribution is 2.41. The standard InChI is InChI=1S/C22H27ClN4O/c1-16-14-19(26-21(25-16)27-12-4-5-13-27)15-24-20(28)22(10-2-3-11-22)17-6-8-18(23)9-7-17/h6-9,14H,2-5,10-13,15H2,1H3,(H,24,28). The van der Waals surface area contributed by atoms with E-state index in [0.29, 0.717) is 11.6 Å². The largest absolute Gasteiger partial charge is 0.350 e. The van der Waals surface area contributed by atoms with Gasteiger partial charge in [0.1, 0.15) is 0 Å². The summed E-state index contributed by atoms with van der Waals surface area (Å²) < 4.78 is 0. The molecule has 5 nitrogen and oxygen atoms in total. The van der Waals surface area contributed by atoms with Crippen LogP contribution < -0.4 is 10.2 Å². The van der Waals surface area contributed by atoms with E-state index in [1.165, 1.54) is 12.8 Å². The Labute approximate surface area is 171 Å². The smallest absolute Gasteiger partial charge is 0.230 e. The molecule has 2 aliphatic rings. The van der Waals surface area contributed by atoms with E-state index in [1.807, 2.05) is 37.3 Å². The van der Waals surface area contributed by atoms with E-state index in [1.54, 1.807) is 0 Å². The quantitative estimate of drug-likeness (QED) is 0.821. The first-order chi connectivity index (χ1) is 13.6. The van der Waals surface area contributed by atoms with E-state index < -0.39 is 5.41 Å². The Kier molecular flexibility index (Phi) is 5.54. The minimum atomic E-state index is -0.454. The third-order valence-corrected chi connectivity index (χ3v) is 6.25. The SMILES string of the molecule is Cc1cc(CNC(=O)C2(c3ccc(Cl)cc3)CCCC2)nc(N2CCCC2)n1. The van der Waals surface area contributed by atoms with Crippen LogP contribution in [0.2, 0.25) is 5.02 Å². The fourth-order valence-corrected chi connectivity index (χ4v) is 4.63. The summed E-state index contributed by atoms with van der Waals surface area (Å²) in [5, 5.41) is 3.86. The molecule has 1 amide bonds. The lowest BCUT2D eigenvalue weighted by Gasteiger charge is -2.28. The van der Waals surface area contributed by atoms with Crippen LogP contribution in [0.1, 0.15) is 55.5 Å². The molecule has 2 aromatic rings.